The Bertz CT molecular complexity index is 1020. The van der Waals surface area contributed by atoms with Crippen molar-refractivity contribution in [1.29, 1.82) is 0 Å². The molecule has 0 atom stereocenters. The molecule has 0 saturated carbocycles. The van der Waals surface area contributed by atoms with Crippen molar-refractivity contribution in [3.8, 4) is 0 Å². The molecule has 0 fully saturated rings. The molecule has 34 heavy (non-hydrogen) atoms. The average molecular weight is 468 g/mol. The maximum atomic E-state index is 12.2. The van der Waals surface area contributed by atoms with Gasteiger partial charge in [0.05, 0.1) is 13.0 Å². The molecule has 182 valence electrons. The van der Waals surface area contributed by atoms with Crippen molar-refractivity contribution in [2.24, 2.45) is 0 Å². The quantitative estimate of drug-likeness (QED) is 0.491. The first-order chi connectivity index (χ1) is 16.0. The van der Waals surface area contributed by atoms with Gasteiger partial charge >= 0.3 is 5.97 Å². The molecule has 0 bridgehead atoms. The van der Waals surface area contributed by atoms with Gasteiger partial charge in [-0.2, -0.15) is 0 Å². The maximum absolute atomic E-state index is 12.2. The summed E-state index contributed by atoms with van der Waals surface area (Å²) in [6, 6.07) is 13.0. The van der Waals surface area contributed by atoms with Crippen LogP contribution < -0.4 is 16.0 Å². The van der Waals surface area contributed by atoms with E-state index in [1.54, 1.807) is 12.1 Å². The predicted octanol–water partition coefficient (Wildman–Crippen LogP) is 3.02. The number of ether oxygens (including phenoxy) is 1. The van der Waals surface area contributed by atoms with E-state index in [0.717, 1.165) is 16.7 Å². The fourth-order valence-electron chi connectivity index (χ4n) is 3.15. The van der Waals surface area contributed by atoms with Crippen LogP contribution in [0.3, 0.4) is 0 Å². The maximum Gasteiger partial charge on any atom is 0.308 e. The summed E-state index contributed by atoms with van der Waals surface area (Å²) in [5.41, 5.74) is 4.16. The van der Waals surface area contributed by atoms with Crippen LogP contribution >= 0.6 is 0 Å². The Morgan fingerprint density at radius 3 is 2.06 bits per heavy atom. The Morgan fingerprint density at radius 2 is 1.47 bits per heavy atom. The van der Waals surface area contributed by atoms with Crippen LogP contribution in [0.5, 0.6) is 0 Å². The Morgan fingerprint density at radius 1 is 0.853 bits per heavy atom. The molecule has 0 aromatic heterocycles. The number of hydrogen-bond donors (Lipinski definition) is 3. The van der Waals surface area contributed by atoms with Gasteiger partial charge < -0.3 is 20.7 Å². The SMILES string of the molecule is Cc1cccc(C)c1NC(=O)CNC(=O)COC(=O)CCNC(=O)c1ccc(C(C)(C)C)cc1. The number of benzene rings is 2. The number of hydrogen-bond acceptors (Lipinski definition) is 5. The molecule has 0 spiro atoms. The van der Waals surface area contributed by atoms with E-state index in [1.807, 2.05) is 44.2 Å². The number of carbonyl (C=O) groups is 4. The van der Waals surface area contributed by atoms with Gasteiger partial charge in [-0.3, -0.25) is 19.2 Å². The molecule has 0 unspecified atom stereocenters. The molecule has 8 heteroatoms. The Balaban J connectivity index is 1.65. The number of nitrogens with one attached hydrogen (secondary N) is 3. The van der Waals surface area contributed by atoms with E-state index in [1.165, 1.54) is 0 Å². The number of para-hydroxylation sites is 1. The molecular formula is C26H33N3O5. The molecule has 0 aliphatic rings. The second-order valence-corrected chi connectivity index (χ2v) is 9.09. The van der Waals surface area contributed by atoms with Crippen LogP contribution in [-0.2, 0) is 24.5 Å². The normalized spacial score (nSPS) is 10.9. The molecule has 2 aromatic carbocycles. The molecule has 0 heterocycles. The van der Waals surface area contributed by atoms with E-state index >= 15 is 0 Å². The standard InChI is InChI=1S/C26H33N3O5/c1-17-7-6-8-18(2)24(17)29-21(30)15-28-22(31)16-34-23(32)13-14-27-25(33)19-9-11-20(12-10-19)26(3,4)5/h6-12H,13-16H2,1-5H3,(H,27,33)(H,28,31)(H,29,30). The molecule has 3 N–H and O–H groups in total. The van der Waals surface area contributed by atoms with Gasteiger partial charge in [0.25, 0.3) is 11.8 Å². The molecule has 2 aromatic rings. The minimum atomic E-state index is -0.626. The van der Waals surface area contributed by atoms with Gasteiger partial charge in [-0.15, -0.1) is 0 Å². The highest BCUT2D eigenvalue weighted by molar-refractivity contribution is 5.96. The summed E-state index contributed by atoms with van der Waals surface area (Å²) in [7, 11) is 0. The summed E-state index contributed by atoms with van der Waals surface area (Å²) in [6.07, 6.45) is -0.0772. The largest absolute Gasteiger partial charge is 0.456 e. The Hall–Kier alpha value is -3.68. The molecule has 0 aliphatic carbocycles. The van der Waals surface area contributed by atoms with E-state index in [2.05, 4.69) is 36.7 Å². The third-order valence-electron chi connectivity index (χ3n) is 5.18. The van der Waals surface area contributed by atoms with Crippen LogP contribution in [-0.4, -0.2) is 43.4 Å². The Kier molecular flexibility index (Phi) is 9.36. The van der Waals surface area contributed by atoms with Gasteiger partial charge in [-0.1, -0.05) is 51.1 Å². The lowest BCUT2D eigenvalue weighted by atomic mass is 9.87. The summed E-state index contributed by atoms with van der Waals surface area (Å²) in [4.78, 5) is 48.0. The molecule has 0 saturated heterocycles. The van der Waals surface area contributed by atoms with E-state index in [4.69, 9.17) is 4.74 Å². The lowest BCUT2D eigenvalue weighted by Gasteiger charge is -2.19. The third-order valence-corrected chi connectivity index (χ3v) is 5.18. The second-order valence-electron chi connectivity index (χ2n) is 9.09. The van der Waals surface area contributed by atoms with Crippen molar-refractivity contribution < 1.29 is 23.9 Å². The number of rotatable bonds is 9. The van der Waals surface area contributed by atoms with E-state index < -0.39 is 18.5 Å². The van der Waals surface area contributed by atoms with Gasteiger partial charge in [0.15, 0.2) is 6.61 Å². The first kappa shape index (κ1) is 26.6. The lowest BCUT2D eigenvalue weighted by Crippen LogP contribution is -2.36. The smallest absolute Gasteiger partial charge is 0.308 e. The van der Waals surface area contributed by atoms with Crippen LogP contribution in [0.4, 0.5) is 5.69 Å². The average Bonchev–Trinajstić information content (AvgIpc) is 2.78. The Labute approximate surface area is 200 Å². The molecular weight excluding hydrogens is 434 g/mol. The summed E-state index contributed by atoms with van der Waals surface area (Å²) in [5, 5.41) is 7.82. The monoisotopic (exact) mass is 467 g/mol. The highest BCUT2D eigenvalue weighted by Crippen LogP contribution is 2.22. The number of amides is 3. The second kappa shape index (κ2) is 12.0. The number of anilines is 1. The van der Waals surface area contributed by atoms with E-state index in [0.29, 0.717) is 11.3 Å². The van der Waals surface area contributed by atoms with E-state index in [-0.39, 0.29) is 36.7 Å². The summed E-state index contributed by atoms with van der Waals surface area (Å²) in [6.45, 7) is 9.38. The fourth-order valence-corrected chi connectivity index (χ4v) is 3.15. The van der Waals surface area contributed by atoms with Crippen molar-refractivity contribution >= 4 is 29.4 Å². The zero-order valence-electron chi connectivity index (χ0n) is 20.4. The summed E-state index contributed by atoms with van der Waals surface area (Å²) >= 11 is 0. The fraction of sp³-hybridized carbons (Fsp3) is 0.385. The highest BCUT2D eigenvalue weighted by Gasteiger charge is 2.15. The van der Waals surface area contributed by atoms with Crippen LogP contribution in [0.1, 0.15) is 54.2 Å². The van der Waals surface area contributed by atoms with Gasteiger partial charge in [-0.25, -0.2) is 0 Å². The number of carbonyl (C=O) groups excluding carboxylic acids is 4. The minimum Gasteiger partial charge on any atom is -0.456 e. The zero-order chi connectivity index (χ0) is 25.3. The van der Waals surface area contributed by atoms with Crippen molar-refractivity contribution in [3.05, 3.63) is 64.7 Å². The van der Waals surface area contributed by atoms with Crippen molar-refractivity contribution in [2.75, 3.05) is 25.0 Å². The van der Waals surface area contributed by atoms with Crippen molar-refractivity contribution in [2.45, 2.75) is 46.5 Å². The highest BCUT2D eigenvalue weighted by atomic mass is 16.5. The van der Waals surface area contributed by atoms with Gasteiger partial charge in [0, 0.05) is 17.8 Å². The number of esters is 1. The molecule has 0 radical (unpaired) electrons. The minimum absolute atomic E-state index is 0.00513. The predicted molar refractivity (Wildman–Crippen MR) is 131 cm³/mol. The van der Waals surface area contributed by atoms with Crippen LogP contribution in [0.2, 0.25) is 0 Å². The first-order valence-corrected chi connectivity index (χ1v) is 11.1. The first-order valence-electron chi connectivity index (χ1n) is 11.1. The van der Waals surface area contributed by atoms with Crippen LogP contribution in [0.15, 0.2) is 42.5 Å². The van der Waals surface area contributed by atoms with Crippen molar-refractivity contribution in [3.63, 3.8) is 0 Å². The van der Waals surface area contributed by atoms with Crippen molar-refractivity contribution in [1.82, 2.24) is 10.6 Å². The third kappa shape index (κ3) is 8.35. The summed E-state index contributed by atoms with van der Waals surface area (Å²) in [5.74, 6) is -1.89. The van der Waals surface area contributed by atoms with Gasteiger partial charge in [0.2, 0.25) is 5.91 Å². The lowest BCUT2D eigenvalue weighted by molar-refractivity contribution is -0.148. The van der Waals surface area contributed by atoms with E-state index in [9.17, 15) is 19.2 Å². The molecule has 8 nitrogen and oxygen atoms in total. The number of aryl methyl sites for hydroxylation is 2. The molecule has 2 rings (SSSR count). The van der Waals surface area contributed by atoms with Crippen LogP contribution in [0, 0.1) is 13.8 Å². The molecule has 0 aliphatic heterocycles. The van der Waals surface area contributed by atoms with Crippen LogP contribution in [0.25, 0.3) is 0 Å². The topological polar surface area (TPSA) is 114 Å². The summed E-state index contributed by atoms with van der Waals surface area (Å²) < 4.78 is 4.90. The zero-order valence-corrected chi connectivity index (χ0v) is 20.4. The molecule has 3 amide bonds. The van der Waals surface area contributed by atoms with Gasteiger partial charge in [-0.05, 0) is 48.1 Å². The van der Waals surface area contributed by atoms with Gasteiger partial charge in [0.1, 0.15) is 0 Å².